The van der Waals surface area contributed by atoms with Crippen molar-refractivity contribution in [3.63, 3.8) is 0 Å². The average Bonchev–Trinajstić information content (AvgIpc) is 3.28. The van der Waals surface area contributed by atoms with E-state index < -0.39 is 0 Å². The topological polar surface area (TPSA) is 3.24 Å². The van der Waals surface area contributed by atoms with Crippen LogP contribution in [0.25, 0.3) is 6.08 Å². The maximum atomic E-state index is 2.64. The molecule has 0 N–H and O–H groups in total. The largest absolute Gasteiger partial charge is 0.303 e. The van der Waals surface area contributed by atoms with E-state index in [1.165, 1.54) is 88.6 Å². The first-order valence-corrected chi connectivity index (χ1v) is 13.6. The van der Waals surface area contributed by atoms with E-state index in [9.17, 15) is 0 Å². The highest BCUT2D eigenvalue weighted by Gasteiger charge is 2.11. The first kappa shape index (κ1) is 25.4. The third-order valence-electron chi connectivity index (χ3n) is 6.15. The van der Waals surface area contributed by atoms with Gasteiger partial charge in [0, 0.05) is 4.43 Å². The van der Waals surface area contributed by atoms with E-state index in [1.807, 2.05) is 0 Å². The van der Waals surface area contributed by atoms with Crippen LogP contribution in [0.1, 0.15) is 77.2 Å². The number of nitrogens with zero attached hydrogens (tertiary/aromatic N) is 1. The number of likely N-dealkylation sites (tertiary alicyclic amines) is 1. The van der Waals surface area contributed by atoms with Gasteiger partial charge in [0.1, 0.15) is 0 Å². The van der Waals surface area contributed by atoms with Crippen LogP contribution in [0.2, 0.25) is 0 Å². The van der Waals surface area contributed by atoms with Gasteiger partial charge in [0.15, 0.2) is 0 Å². The van der Waals surface area contributed by atoms with Gasteiger partial charge in [-0.3, -0.25) is 0 Å². The molecule has 1 aromatic carbocycles. The van der Waals surface area contributed by atoms with Crippen molar-refractivity contribution in [2.75, 3.05) is 24.1 Å². The number of hydrogen-bond donors (Lipinski definition) is 0. The summed E-state index contributed by atoms with van der Waals surface area (Å²) < 4.78 is 1.08. The third kappa shape index (κ3) is 10.9. The highest BCUT2D eigenvalue weighted by molar-refractivity contribution is 14.1. The second-order valence-corrected chi connectivity index (χ2v) is 9.61. The average molecular weight is 520 g/mol. The maximum Gasteiger partial charge on any atom is 0.0181 e. The van der Waals surface area contributed by atoms with E-state index in [1.54, 1.807) is 5.57 Å². The van der Waals surface area contributed by atoms with Crippen LogP contribution in [0.15, 0.2) is 59.7 Å². The monoisotopic (exact) mass is 519 g/mol. The Bertz CT molecular complexity index is 652. The zero-order chi connectivity index (χ0) is 21.4. The number of benzene rings is 1. The van der Waals surface area contributed by atoms with Crippen LogP contribution < -0.4 is 0 Å². The summed E-state index contributed by atoms with van der Waals surface area (Å²) in [5.74, 6) is 0.728. The molecule has 0 bridgehead atoms. The predicted octanol–water partition coefficient (Wildman–Crippen LogP) is 8.47. The van der Waals surface area contributed by atoms with Crippen molar-refractivity contribution in [1.82, 2.24) is 4.90 Å². The molecule has 1 aliphatic heterocycles. The molecule has 166 valence electrons. The molecule has 2 rings (SSSR count). The summed E-state index contributed by atoms with van der Waals surface area (Å²) in [7, 11) is 0. The minimum atomic E-state index is 0.728. The third-order valence-corrected chi connectivity index (χ3v) is 6.59. The number of unbranched alkanes of at least 4 members (excludes halogenated alkanes) is 1. The van der Waals surface area contributed by atoms with Crippen LogP contribution in [0, 0.1) is 5.92 Å². The number of hydrogen-bond acceptors (Lipinski definition) is 1. The molecule has 0 amide bonds. The lowest BCUT2D eigenvalue weighted by atomic mass is 9.96. The van der Waals surface area contributed by atoms with E-state index >= 15 is 0 Å². The van der Waals surface area contributed by atoms with Gasteiger partial charge in [0.05, 0.1) is 0 Å². The van der Waals surface area contributed by atoms with Crippen molar-refractivity contribution in [1.29, 1.82) is 0 Å². The Kier molecular flexibility index (Phi) is 13.4. The molecule has 1 atom stereocenters. The van der Waals surface area contributed by atoms with Gasteiger partial charge in [-0.1, -0.05) is 102 Å². The SMILES string of the molecule is CC/C(=C/C(C)CCCN1CCCC1)CCCCC(/C=C/c1ccccc1)=C\CI. The highest BCUT2D eigenvalue weighted by atomic mass is 127. The van der Waals surface area contributed by atoms with Crippen LogP contribution in [-0.2, 0) is 0 Å². The highest BCUT2D eigenvalue weighted by Crippen LogP contribution is 2.20. The molecule has 0 spiro atoms. The van der Waals surface area contributed by atoms with E-state index in [2.05, 4.69) is 96.0 Å². The minimum Gasteiger partial charge on any atom is -0.303 e. The lowest BCUT2D eigenvalue weighted by Gasteiger charge is -2.16. The predicted molar refractivity (Wildman–Crippen MR) is 143 cm³/mol. The van der Waals surface area contributed by atoms with Crippen LogP contribution in [0.5, 0.6) is 0 Å². The van der Waals surface area contributed by atoms with Crippen molar-refractivity contribution in [2.24, 2.45) is 5.92 Å². The Morgan fingerprint density at radius 2 is 1.80 bits per heavy atom. The number of alkyl halides is 1. The Morgan fingerprint density at radius 3 is 2.50 bits per heavy atom. The fraction of sp³-hybridized carbons (Fsp3) is 0.571. The quantitative estimate of drug-likeness (QED) is 0.0784. The van der Waals surface area contributed by atoms with Gasteiger partial charge >= 0.3 is 0 Å². The molecule has 0 saturated carbocycles. The van der Waals surface area contributed by atoms with Crippen molar-refractivity contribution in [3.05, 3.63) is 65.3 Å². The number of rotatable bonds is 14. The lowest BCUT2D eigenvalue weighted by Crippen LogP contribution is -2.20. The summed E-state index contributed by atoms with van der Waals surface area (Å²) in [6.07, 6.45) is 21.3. The molecule has 0 aromatic heterocycles. The fourth-order valence-electron chi connectivity index (χ4n) is 4.31. The molecule has 1 aliphatic rings. The summed E-state index contributed by atoms with van der Waals surface area (Å²) in [5, 5.41) is 0. The molecule has 1 unspecified atom stereocenters. The van der Waals surface area contributed by atoms with Gasteiger partial charge in [0.2, 0.25) is 0 Å². The molecule has 0 aliphatic carbocycles. The molecular formula is C28H42IN. The van der Waals surface area contributed by atoms with Crippen LogP contribution in [0.3, 0.4) is 0 Å². The van der Waals surface area contributed by atoms with E-state index in [0.29, 0.717) is 0 Å². The normalized spacial score (nSPS) is 17.2. The molecular weight excluding hydrogens is 477 g/mol. The summed E-state index contributed by atoms with van der Waals surface area (Å²) in [6.45, 7) is 8.71. The Hall–Kier alpha value is -0.870. The molecule has 1 fully saturated rings. The minimum absolute atomic E-state index is 0.728. The number of halogens is 1. The van der Waals surface area contributed by atoms with Crippen molar-refractivity contribution in [3.8, 4) is 0 Å². The second-order valence-electron chi connectivity index (χ2n) is 8.73. The van der Waals surface area contributed by atoms with Gasteiger partial charge in [-0.25, -0.2) is 0 Å². The summed E-state index contributed by atoms with van der Waals surface area (Å²) in [5.41, 5.74) is 4.43. The van der Waals surface area contributed by atoms with Crippen LogP contribution >= 0.6 is 22.6 Å². The Labute approximate surface area is 199 Å². The van der Waals surface area contributed by atoms with E-state index in [4.69, 9.17) is 0 Å². The molecule has 1 saturated heterocycles. The van der Waals surface area contributed by atoms with Crippen LogP contribution in [-0.4, -0.2) is 29.0 Å². The standard InChI is InChI=1S/C28H42IN/c1-3-26(24-25(2)12-11-23-30-21-9-10-22-30)13-7-8-16-28(19-20-29)18-17-27-14-5-4-6-15-27/h4-6,14-15,17-19,24-25H,3,7-13,16,20-23H2,1-2H3/b18-17+,26-24-,28-19+. The Balaban J connectivity index is 1.69. The van der Waals surface area contributed by atoms with Gasteiger partial charge in [0.25, 0.3) is 0 Å². The second kappa shape index (κ2) is 15.9. The van der Waals surface area contributed by atoms with E-state index in [-0.39, 0.29) is 0 Å². The fourth-order valence-corrected chi connectivity index (χ4v) is 4.87. The molecule has 30 heavy (non-hydrogen) atoms. The molecule has 0 radical (unpaired) electrons. The first-order chi connectivity index (χ1) is 14.7. The Morgan fingerprint density at radius 1 is 1.07 bits per heavy atom. The van der Waals surface area contributed by atoms with E-state index in [0.717, 1.165) is 10.3 Å². The molecule has 1 nitrogen and oxygen atoms in total. The first-order valence-electron chi connectivity index (χ1n) is 12.1. The van der Waals surface area contributed by atoms with Gasteiger partial charge in [-0.15, -0.1) is 0 Å². The smallest absolute Gasteiger partial charge is 0.0181 e. The zero-order valence-corrected chi connectivity index (χ0v) is 21.4. The van der Waals surface area contributed by atoms with Gasteiger partial charge in [-0.05, 0) is 88.9 Å². The molecule has 2 heteroatoms. The summed E-state index contributed by atoms with van der Waals surface area (Å²) in [6, 6.07) is 10.6. The van der Waals surface area contributed by atoms with Gasteiger partial charge < -0.3 is 4.90 Å². The molecule has 1 heterocycles. The summed E-state index contributed by atoms with van der Waals surface area (Å²) in [4.78, 5) is 2.64. The van der Waals surface area contributed by atoms with Crippen LogP contribution in [0.4, 0.5) is 0 Å². The lowest BCUT2D eigenvalue weighted by molar-refractivity contribution is 0.324. The number of allylic oxidation sites excluding steroid dienone is 5. The van der Waals surface area contributed by atoms with Gasteiger partial charge in [-0.2, -0.15) is 0 Å². The molecule has 1 aromatic rings. The van der Waals surface area contributed by atoms with Crippen molar-refractivity contribution in [2.45, 2.75) is 71.6 Å². The van der Waals surface area contributed by atoms with Crippen molar-refractivity contribution >= 4 is 28.7 Å². The maximum absolute atomic E-state index is 2.64. The zero-order valence-electron chi connectivity index (χ0n) is 19.3. The van der Waals surface area contributed by atoms with Crippen molar-refractivity contribution < 1.29 is 0 Å². The summed E-state index contributed by atoms with van der Waals surface area (Å²) >= 11 is 2.45.